The summed E-state index contributed by atoms with van der Waals surface area (Å²) in [6.45, 7) is 4.78. The van der Waals surface area contributed by atoms with Crippen LogP contribution < -0.4 is 0 Å². The van der Waals surface area contributed by atoms with Crippen LogP contribution in [0.4, 0.5) is 0 Å². The molecule has 3 atom stereocenters. The first-order valence-corrected chi connectivity index (χ1v) is 7.38. The zero-order valence-corrected chi connectivity index (χ0v) is 13.5. The van der Waals surface area contributed by atoms with E-state index in [0.29, 0.717) is 5.56 Å². The van der Waals surface area contributed by atoms with Crippen LogP contribution in [0.5, 0.6) is 0 Å². The summed E-state index contributed by atoms with van der Waals surface area (Å²) in [5, 5.41) is 14.5. The number of rotatable bonds is 8. The smallest absolute Gasteiger partial charge is 0.316 e. The van der Waals surface area contributed by atoms with Gasteiger partial charge in [-0.05, 0) is 24.9 Å². The van der Waals surface area contributed by atoms with Gasteiger partial charge in [0.2, 0.25) is 0 Å². The second kappa shape index (κ2) is 8.31. The molecule has 23 heavy (non-hydrogen) atoms. The van der Waals surface area contributed by atoms with Crippen molar-refractivity contribution in [1.29, 1.82) is 0 Å². The van der Waals surface area contributed by atoms with Gasteiger partial charge in [0.15, 0.2) is 0 Å². The summed E-state index contributed by atoms with van der Waals surface area (Å²) in [6, 6.07) is 7.60. The van der Waals surface area contributed by atoms with Crippen molar-refractivity contribution in [2.24, 2.45) is 11.0 Å². The molecule has 0 aliphatic heterocycles. The highest BCUT2D eigenvalue weighted by Crippen LogP contribution is 2.32. The molecule has 1 N–H and O–H groups in total. The number of aliphatic hydroxyl groups is 1. The summed E-state index contributed by atoms with van der Waals surface area (Å²) in [5.74, 6) is -2.11. The number of ether oxygens (including phenoxy) is 1. The maximum atomic E-state index is 12.4. The molecule has 0 heterocycles. The number of nitrogens with zero attached hydrogens (tertiary/aromatic N) is 3. The Bertz CT molecular complexity index is 599. The predicted octanol–water partition coefficient (Wildman–Crippen LogP) is 2.73. The molecule has 0 amide bonds. The molecule has 1 aromatic rings. The third-order valence-electron chi connectivity index (χ3n) is 3.76. The maximum absolute atomic E-state index is 12.4. The van der Waals surface area contributed by atoms with E-state index in [1.807, 2.05) is 0 Å². The first-order valence-electron chi connectivity index (χ1n) is 7.38. The van der Waals surface area contributed by atoms with Crippen LogP contribution in [-0.2, 0) is 19.9 Å². The number of azide groups is 1. The summed E-state index contributed by atoms with van der Waals surface area (Å²) in [5.41, 5.74) is 7.40. The van der Waals surface area contributed by atoms with Gasteiger partial charge >= 0.3 is 5.97 Å². The molecule has 124 valence electrons. The van der Waals surface area contributed by atoms with Crippen molar-refractivity contribution in [3.63, 3.8) is 0 Å². The minimum absolute atomic E-state index is 0.175. The number of hydrogen-bond acceptors (Lipinski definition) is 5. The van der Waals surface area contributed by atoms with Crippen molar-refractivity contribution in [1.82, 2.24) is 0 Å². The van der Waals surface area contributed by atoms with E-state index in [2.05, 4.69) is 10.0 Å². The highest BCUT2D eigenvalue weighted by Gasteiger charge is 2.39. The predicted molar refractivity (Wildman–Crippen MR) is 84.4 cm³/mol. The van der Waals surface area contributed by atoms with Crippen LogP contribution >= 0.6 is 0 Å². The molecule has 1 aromatic carbocycles. The van der Waals surface area contributed by atoms with Crippen LogP contribution in [0.15, 0.2) is 35.4 Å². The number of carbonyl (C=O) groups is 2. The van der Waals surface area contributed by atoms with Crippen LogP contribution in [0, 0.1) is 5.92 Å². The van der Waals surface area contributed by atoms with E-state index in [1.54, 1.807) is 37.3 Å². The second-order valence-electron chi connectivity index (χ2n) is 5.29. The van der Waals surface area contributed by atoms with E-state index in [4.69, 9.17) is 10.3 Å². The number of esters is 1. The molecular formula is C16H21N3O4. The van der Waals surface area contributed by atoms with E-state index >= 15 is 0 Å². The molecule has 1 rings (SSSR count). The first kappa shape index (κ1) is 18.7. The molecule has 0 spiro atoms. The maximum Gasteiger partial charge on any atom is 0.316 e. The Hall–Kier alpha value is -2.37. The zero-order chi connectivity index (χ0) is 17.5. The average Bonchev–Trinajstić information content (AvgIpc) is 2.55. The molecule has 0 bridgehead atoms. The Kier molecular flexibility index (Phi) is 6.75. The molecule has 3 unspecified atom stereocenters. The Morgan fingerprint density at radius 2 is 1.96 bits per heavy atom. The average molecular weight is 319 g/mol. The zero-order valence-electron chi connectivity index (χ0n) is 13.5. The molecule has 0 aromatic heterocycles. The van der Waals surface area contributed by atoms with Crippen molar-refractivity contribution < 1.29 is 19.4 Å². The van der Waals surface area contributed by atoms with Crippen LogP contribution in [-0.4, -0.2) is 29.5 Å². The van der Waals surface area contributed by atoms with E-state index in [1.165, 1.54) is 13.8 Å². The van der Waals surface area contributed by atoms with Gasteiger partial charge in [0, 0.05) is 11.3 Å². The van der Waals surface area contributed by atoms with Crippen molar-refractivity contribution >= 4 is 11.8 Å². The van der Waals surface area contributed by atoms with Gasteiger partial charge in [-0.3, -0.25) is 9.59 Å². The van der Waals surface area contributed by atoms with Gasteiger partial charge in [-0.2, -0.15) is 0 Å². The minimum atomic E-state index is -1.69. The third-order valence-corrected chi connectivity index (χ3v) is 3.76. The van der Waals surface area contributed by atoms with Crippen molar-refractivity contribution in [3.8, 4) is 0 Å². The lowest BCUT2D eigenvalue weighted by molar-refractivity contribution is -0.152. The molecule has 0 aliphatic carbocycles. The Morgan fingerprint density at radius 1 is 1.35 bits per heavy atom. The number of Topliss-reactive ketones (excluding diaryl/α,β-unsaturated/α-hetero) is 1. The summed E-state index contributed by atoms with van der Waals surface area (Å²) in [6.07, 6.45) is -0.350. The van der Waals surface area contributed by atoms with Crippen molar-refractivity contribution in [3.05, 3.63) is 46.3 Å². The first-order chi connectivity index (χ1) is 10.9. The fourth-order valence-electron chi connectivity index (χ4n) is 2.21. The number of hydrogen-bond donors (Lipinski definition) is 1. The van der Waals surface area contributed by atoms with E-state index in [-0.39, 0.29) is 13.0 Å². The quantitative estimate of drug-likeness (QED) is 0.261. The van der Waals surface area contributed by atoms with Gasteiger partial charge in [0.05, 0.1) is 12.6 Å². The standard InChI is InChI=1S/C16H21N3O4/c1-4-23-15(21)11(2)14(20)10-16(22,12(3)18-19-17)13-8-6-5-7-9-13/h5-9,11-12,22H,4,10H2,1-3H3. The molecular weight excluding hydrogens is 298 g/mol. The lowest BCUT2D eigenvalue weighted by Crippen LogP contribution is -2.40. The molecule has 7 heteroatoms. The lowest BCUT2D eigenvalue weighted by atomic mass is 9.81. The molecule has 7 nitrogen and oxygen atoms in total. The summed E-state index contributed by atoms with van der Waals surface area (Å²) in [7, 11) is 0. The fourth-order valence-corrected chi connectivity index (χ4v) is 2.21. The van der Waals surface area contributed by atoms with Crippen LogP contribution in [0.3, 0.4) is 0 Å². The highest BCUT2D eigenvalue weighted by atomic mass is 16.5. The van der Waals surface area contributed by atoms with Gasteiger partial charge < -0.3 is 9.84 Å². The van der Waals surface area contributed by atoms with Gasteiger partial charge in [0.1, 0.15) is 17.3 Å². The van der Waals surface area contributed by atoms with Gasteiger partial charge in [-0.1, -0.05) is 42.4 Å². The summed E-state index contributed by atoms with van der Waals surface area (Å²) < 4.78 is 4.83. The Morgan fingerprint density at radius 3 is 2.48 bits per heavy atom. The summed E-state index contributed by atoms with van der Waals surface area (Å²) >= 11 is 0. The Balaban J connectivity index is 3.10. The van der Waals surface area contributed by atoms with E-state index in [9.17, 15) is 14.7 Å². The number of ketones is 1. The van der Waals surface area contributed by atoms with E-state index < -0.39 is 29.3 Å². The number of carbonyl (C=O) groups excluding carboxylic acids is 2. The highest BCUT2D eigenvalue weighted by molar-refractivity contribution is 5.99. The molecule has 0 saturated heterocycles. The SMILES string of the molecule is CCOC(=O)C(C)C(=O)CC(O)(c1ccccc1)C(C)N=[N+]=[N-]. The van der Waals surface area contributed by atoms with Crippen LogP contribution in [0.1, 0.15) is 32.8 Å². The number of benzene rings is 1. The molecule has 0 fully saturated rings. The Labute approximate surface area is 134 Å². The second-order valence-corrected chi connectivity index (χ2v) is 5.29. The fraction of sp³-hybridized carbons (Fsp3) is 0.500. The topological polar surface area (TPSA) is 112 Å². The van der Waals surface area contributed by atoms with Gasteiger partial charge in [0.25, 0.3) is 0 Å². The monoisotopic (exact) mass is 319 g/mol. The minimum Gasteiger partial charge on any atom is -0.465 e. The van der Waals surface area contributed by atoms with Crippen molar-refractivity contribution in [2.45, 2.75) is 38.8 Å². The summed E-state index contributed by atoms with van der Waals surface area (Å²) in [4.78, 5) is 26.8. The normalized spacial score (nSPS) is 15.7. The van der Waals surface area contributed by atoms with Crippen LogP contribution in [0.25, 0.3) is 10.4 Å². The molecule has 0 saturated carbocycles. The van der Waals surface area contributed by atoms with Crippen molar-refractivity contribution in [2.75, 3.05) is 6.61 Å². The lowest BCUT2D eigenvalue weighted by Gasteiger charge is -2.32. The molecule has 0 radical (unpaired) electrons. The molecule has 0 aliphatic rings. The van der Waals surface area contributed by atoms with E-state index in [0.717, 1.165) is 0 Å². The van der Waals surface area contributed by atoms with Crippen LogP contribution in [0.2, 0.25) is 0 Å². The third kappa shape index (κ3) is 4.55. The largest absolute Gasteiger partial charge is 0.465 e. The van der Waals surface area contributed by atoms with Gasteiger partial charge in [-0.25, -0.2) is 0 Å². The van der Waals surface area contributed by atoms with Gasteiger partial charge in [-0.15, -0.1) is 0 Å².